The summed E-state index contributed by atoms with van der Waals surface area (Å²) in [6, 6.07) is 0. The van der Waals surface area contributed by atoms with Gasteiger partial charge >= 0.3 is 11.7 Å². The number of carbonyl (C=O) groups excluding carboxylic acids is 2. The van der Waals surface area contributed by atoms with Gasteiger partial charge in [-0.3, -0.25) is 28.1 Å². The molecule has 2 aromatic rings. The van der Waals surface area contributed by atoms with Crippen LogP contribution in [0, 0.1) is 5.92 Å². The van der Waals surface area contributed by atoms with Gasteiger partial charge in [0.15, 0.2) is 17.4 Å². The summed E-state index contributed by atoms with van der Waals surface area (Å²) in [7, 11) is 2.85. The Hall–Kier alpha value is -2.71. The lowest BCUT2D eigenvalue weighted by atomic mass is 10.0. The van der Waals surface area contributed by atoms with E-state index in [2.05, 4.69) is 4.98 Å². The third-order valence-electron chi connectivity index (χ3n) is 4.07. The number of imidazole rings is 1. The number of esters is 1. The van der Waals surface area contributed by atoms with Crippen molar-refractivity contribution in [1.29, 1.82) is 0 Å². The van der Waals surface area contributed by atoms with Gasteiger partial charge in [-0.1, -0.05) is 6.92 Å². The van der Waals surface area contributed by atoms with Crippen LogP contribution in [0.2, 0.25) is 0 Å². The number of hydrogen-bond acceptors (Lipinski definition) is 6. The van der Waals surface area contributed by atoms with E-state index in [9.17, 15) is 19.2 Å². The molecule has 0 saturated carbocycles. The third kappa shape index (κ3) is 2.28. The Balaban J connectivity index is 2.21. The van der Waals surface area contributed by atoms with E-state index in [1.807, 2.05) is 0 Å². The first-order valence-corrected chi connectivity index (χ1v) is 7.16. The lowest BCUT2D eigenvalue weighted by molar-refractivity contribution is -0.156. The van der Waals surface area contributed by atoms with E-state index in [-0.39, 0.29) is 29.8 Å². The summed E-state index contributed by atoms with van der Waals surface area (Å²) >= 11 is 0. The normalized spacial score (nSPS) is 22.2. The molecular weight excluding hydrogens is 304 g/mol. The molecule has 0 amide bonds. The predicted molar refractivity (Wildman–Crippen MR) is 78.7 cm³/mol. The van der Waals surface area contributed by atoms with Crippen molar-refractivity contribution in [3.63, 3.8) is 0 Å². The summed E-state index contributed by atoms with van der Waals surface area (Å²) in [5.41, 5.74) is -0.759. The number of rotatable bonds is 1. The van der Waals surface area contributed by atoms with E-state index in [1.54, 1.807) is 6.92 Å². The van der Waals surface area contributed by atoms with Crippen molar-refractivity contribution in [2.75, 3.05) is 0 Å². The highest BCUT2D eigenvalue weighted by molar-refractivity contribution is 5.86. The third-order valence-corrected chi connectivity index (χ3v) is 4.07. The van der Waals surface area contributed by atoms with Crippen LogP contribution in [0.3, 0.4) is 0 Å². The van der Waals surface area contributed by atoms with Crippen LogP contribution >= 0.6 is 0 Å². The highest BCUT2D eigenvalue weighted by Gasteiger charge is 2.31. The zero-order chi connectivity index (χ0) is 16.9. The Morgan fingerprint density at radius 2 is 1.83 bits per heavy atom. The number of ketones is 1. The van der Waals surface area contributed by atoms with Gasteiger partial charge < -0.3 is 4.74 Å². The van der Waals surface area contributed by atoms with Gasteiger partial charge in [0.2, 0.25) is 0 Å². The molecule has 2 aromatic heterocycles. The molecule has 3 rings (SSSR count). The standard InChI is InChI=1S/C14H16N4O5/c1-7-4-8(19)5-9(23-13(7)21)18-6-15-11-10(18)12(20)17(3)14(22)16(11)2/h6-7,9H,4-5H2,1-3H3. The van der Waals surface area contributed by atoms with Crippen LogP contribution in [0.1, 0.15) is 26.0 Å². The number of aryl methyl sites for hydroxylation is 1. The minimum absolute atomic E-state index is 0.0342. The molecule has 1 saturated heterocycles. The SMILES string of the molecule is CC1CC(=O)CC(n2cnc3c2c(=O)n(C)c(=O)n3C)OC1=O. The number of hydrogen-bond donors (Lipinski definition) is 0. The second-order valence-corrected chi connectivity index (χ2v) is 5.77. The molecule has 0 radical (unpaired) electrons. The zero-order valence-electron chi connectivity index (χ0n) is 13.0. The smallest absolute Gasteiger partial charge is 0.332 e. The van der Waals surface area contributed by atoms with Crippen LogP contribution in [-0.2, 0) is 28.4 Å². The number of Topliss-reactive ketones (excluding diaryl/α,β-unsaturated/α-hetero) is 1. The molecule has 0 N–H and O–H groups in total. The van der Waals surface area contributed by atoms with Gasteiger partial charge in [0, 0.05) is 20.5 Å². The molecule has 0 aromatic carbocycles. The van der Waals surface area contributed by atoms with Crippen LogP contribution < -0.4 is 11.2 Å². The quantitative estimate of drug-likeness (QED) is 0.654. The van der Waals surface area contributed by atoms with Crippen molar-refractivity contribution in [3.05, 3.63) is 27.2 Å². The Labute approximate surface area is 130 Å². The van der Waals surface area contributed by atoms with Crippen LogP contribution in [0.5, 0.6) is 0 Å². The Kier molecular flexibility index (Phi) is 3.42. The molecule has 2 atom stereocenters. The first kappa shape index (κ1) is 15.2. The molecule has 1 fully saturated rings. The fourth-order valence-corrected chi connectivity index (χ4v) is 2.73. The van der Waals surface area contributed by atoms with Crippen molar-refractivity contribution < 1.29 is 14.3 Å². The van der Waals surface area contributed by atoms with Crippen LogP contribution in [-0.4, -0.2) is 30.4 Å². The average Bonchev–Trinajstić information content (AvgIpc) is 2.89. The van der Waals surface area contributed by atoms with E-state index in [4.69, 9.17) is 4.74 Å². The van der Waals surface area contributed by atoms with Crippen LogP contribution in [0.25, 0.3) is 11.2 Å². The van der Waals surface area contributed by atoms with Gasteiger partial charge in [-0.05, 0) is 0 Å². The van der Waals surface area contributed by atoms with Gasteiger partial charge in [-0.15, -0.1) is 0 Å². The molecule has 0 spiro atoms. The van der Waals surface area contributed by atoms with E-state index in [0.29, 0.717) is 0 Å². The summed E-state index contributed by atoms with van der Waals surface area (Å²) in [4.78, 5) is 52.3. The number of ether oxygens (including phenoxy) is 1. The number of fused-ring (bicyclic) bond motifs is 1. The summed E-state index contributed by atoms with van der Waals surface area (Å²) in [5, 5.41) is 0. The second kappa shape index (κ2) is 5.18. The summed E-state index contributed by atoms with van der Waals surface area (Å²) in [6.45, 7) is 1.62. The minimum Gasteiger partial charge on any atom is -0.440 e. The Bertz CT molecular complexity index is 935. The maximum absolute atomic E-state index is 12.4. The largest absolute Gasteiger partial charge is 0.440 e. The summed E-state index contributed by atoms with van der Waals surface area (Å²) in [5.74, 6) is -1.14. The van der Waals surface area contributed by atoms with E-state index < -0.39 is 29.4 Å². The van der Waals surface area contributed by atoms with Crippen molar-refractivity contribution >= 4 is 22.9 Å². The molecule has 23 heavy (non-hydrogen) atoms. The summed E-state index contributed by atoms with van der Waals surface area (Å²) < 4.78 is 8.87. The molecule has 9 heteroatoms. The molecule has 2 unspecified atom stereocenters. The highest BCUT2D eigenvalue weighted by Crippen LogP contribution is 2.25. The Morgan fingerprint density at radius 1 is 1.13 bits per heavy atom. The molecule has 9 nitrogen and oxygen atoms in total. The number of cyclic esters (lactones) is 1. The van der Waals surface area contributed by atoms with E-state index in [0.717, 1.165) is 4.57 Å². The second-order valence-electron chi connectivity index (χ2n) is 5.77. The lowest BCUT2D eigenvalue weighted by Gasteiger charge is -2.17. The number of aromatic nitrogens is 4. The van der Waals surface area contributed by atoms with Crippen molar-refractivity contribution in [1.82, 2.24) is 18.7 Å². The molecular formula is C14H16N4O5. The summed E-state index contributed by atoms with van der Waals surface area (Å²) in [6.07, 6.45) is 0.453. The molecule has 1 aliphatic heterocycles. The monoisotopic (exact) mass is 320 g/mol. The molecule has 3 heterocycles. The van der Waals surface area contributed by atoms with E-state index >= 15 is 0 Å². The van der Waals surface area contributed by atoms with Gasteiger partial charge in [0.1, 0.15) is 12.1 Å². The topological polar surface area (TPSA) is 105 Å². The number of carbonyl (C=O) groups is 2. The number of nitrogens with zero attached hydrogens (tertiary/aromatic N) is 4. The van der Waals surface area contributed by atoms with Gasteiger partial charge in [0.25, 0.3) is 5.56 Å². The van der Waals surface area contributed by atoms with Gasteiger partial charge in [0.05, 0.1) is 12.3 Å². The fourth-order valence-electron chi connectivity index (χ4n) is 2.73. The molecule has 0 bridgehead atoms. The van der Waals surface area contributed by atoms with Gasteiger partial charge in [-0.25, -0.2) is 9.78 Å². The van der Waals surface area contributed by atoms with Crippen LogP contribution in [0.15, 0.2) is 15.9 Å². The molecule has 122 valence electrons. The molecule has 1 aliphatic rings. The fraction of sp³-hybridized carbons (Fsp3) is 0.500. The predicted octanol–water partition coefficient (Wildman–Crippen LogP) is -0.525. The minimum atomic E-state index is -0.935. The van der Waals surface area contributed by atoms with Crippen molar-refractivity contribution in [2.24, 2.45) is 20.0 Å². The lowest BCUT2D eigenvalue weighted by Crippen LogP contribution is -2.38. The van der Waals surface area contributed by atoms with Crippen molar-refractivity contribution in [2.45, 2.75) is 26.0 Å². The maximum Gasteiger partial charge on any atom is 0.332 e. The van der Waals surface area contributed by atoms with Crippen molar-refractivity contribution in [3.8, 4) is 0 Å². The maximum atomic E-state index is 12.4. The first-order valence-electron chi connectivity index (χ1n) is 7.16. The zero-order valence-corrected chi connectivity index (χ0v) is 13.0. The molecule has 0 aliphatic carbocycles. The van der Waals surface area contributed by atoms with E-state index in [1.165, 1.54) is 29.6 Å². The first-order chi connectivity index (χ1) is 10.8. The highest BCUT2D eigenvalue weighted by atomic mass is 16.6. The van der Waals surface area contributed by atoms with Crippen LogP contribution in [0.4, 0.5) is 0 Å². The van der Waals surface area contributed by atoms with Gasteiger partial charge in [-0.2, -0.15) is 0 Å². The average molecular weight is 320 g/mol. The Morgan fingerprint density at radius 3 is 2.52 bits per heavy atom.